The molecule has 21 heavy (non-hydrogen) atoms. The van der Waals surface area contributed by atoms with Crippen LogP contribution < -0.4 is 0 Å². The third kappa shape index (κ3) is 2.40. The van der Waals surface area contributed by atoms with E-state index in [1.807, 2.05) is 18.2 Å². The number of piperidine rings is 1. The van der Waals surface area contributed by atoms with Crippen LogP contribution in [0.15, 0.2) is 24.3 Å². The SMILES string of the molecule is CN1C2CCC1CC(C(=O)Cc1nc3ccccc3s1)C2. The third-order valence-electron chi connectivity index (χ3n) is 5.22. The van der Waals surface area contributed by atoms with Gasteiger partial charge in [-0.2, -0.15) is 0 Å². The molecule has 2 atom stereocenters. The summed E-state index contributed by atoms with van der Waals surface area (Å²) in [7, 11) is 2.22. The number of carbonyl (C=O) groups is 1. The minimum absolute atomic E-state index is 0.255. The highest BCUT2D eigenvalue weighted by Crippen LogP contribution is 2.38. The van der Waals surface area contributed by atoms with Crippen LogP contribution in [0.25, 0.3) is 10.2 Å². The fourth-order valence-corrected chi connectivity index (χ4v) is 4.94. The molecule has 0 saturated carbocycles. The molecule has 4 rings (SSSR count). The predicted octanol–water partition coefficient (Wildman–Crippen LogP) is 3.28. The molecule has 0 radical (unpaired) electrons. The first-order valence-corrected chi connectivity index (χ1v) is 8.61. The Hall–Kier alpha value is -1.26. The average molecular weight is 300 g/mol. The lowest BCUT2D eigenvalue weighted by Crippen LogP contribution is -2.42. The molecule has 1 aromatic carbocycles. The minimum Gasteiger partial charge on any atom is -0.300 e. The minimum atomic E-state index is 0.255. The van der Waals surface area contributed by atoms with Crippen molar-refractivity contribution in [1.29, 1.82) is 0 Å². The maximum atomic E-state index is 12.6. The summed E-state index contributed by atoms with van der Waals surface area (Å²) in [5.41, 5.74) is 1.02. The summed E-state index contributed by atoms with van der Waals surface area (Å²) < 4.78 is 1.18. The normalized spacial score (nSPS) is 29.1. The van der Waals surface area contributed by atoms with Gasteiger partial charge in [-0.05, 0) is 44.9 Å². The van der Waals surface area contributed by atoms with Crippen molar-refractivity contribution in [2.75, 3.05) is 7.05 Å². The van der Waals surface area contributed by atoms with E-state index in [9.17, 15) is 4.79 Å². The van der Waals surface area contributed by atoms with Gasteiger partial charge in [-0.3, -0.25) is 4.79 Å². The number of hydrogen-bond acceptors (Lipinski definition) is 4. The van der Waals surface area contributed by atoms with Crippen molar-refractivity contribution >= 4 is 27.3 Å². The summed E-state index contributed by atoms with van der Waals surface area (Å²) in [6.07, 6.45) is 5.17. The maximum absolute atomic E-state index is 12.6. The van der Waals surface area contributed by atoms with Crippen LogP contribution in [-0.2, 0) is 11.2 Å². The zero-order valence-electron chi connectivity index (χ0n) is 12.3. The third-order valence-corrected chi connectivity index (χ3v) is 6.25. The second-order valence-electron chi connectivity index (χ2n) is 6.44. The second kappa shape index (κ2) is 5.18. The van der Waals surface area contributed by atoms with Crippen molar-refractivity contribution in [2.24, 2.45) is 5.92 Å². The molecule has 2 aromatic rings. The lowest BCUT2D eigenvalue weighted by atomic mass is 9.86. The Morgan fingerprint density at radius 1 is 1.29 bits per heavy atom. The summed E-state index contributed by atoms with van der Waals surface area (Å²) >= 11 is 1.67. The Bertz CT molecular complexity index is 633. The Kier molecular flexibility index (Phi) is 3.31. The van der Waals surface area contributed by atoms with Gasteiger partial charge in [-0.1, -0.05) is 12.1 Å². The molecule has 2 bridgehead atoms. The molecular weight excluding hydrogens is 280 g/mol. The zero-order valence-corrected chi connectivity index (χ0v) is 13.1. The van der Waals surface area contributed by atoms with Crippen molar-refractivity contribution in [3.05, 3.63) is 29.3 Å². The number of aromatic nitrogens is 1. The number of benzene rings is 1. The summed E-state index contributed by atoms with van der Waals surface area (Å²) in [5.74, 6) is 0.657. The maximum Gasteiger partial charge on any atom is 0.142 e. The average Bonchev–Trinajstić information content (AvgIpc) is 2.94. The first-order valence-electron chi connectivity index (χ1n) is 7.80. The lowest BCUT2D eigenvalue weighted by molar-refractivity contribution is -0.124. The Labute approximate surface area is 129 Å². The van der Waals surface area contributed by atoms with Gasteiger partial charge in [0.2, 0.25) is 0 Å². The van der Waals surface area contributed by atoms with Crippen molar-refractivity contribution in [3.63, 3.8) is 0 Å². The summed E-state index contributed by atoms with van der Waals surface area (Å²) in [6.45, 7) is 0. The van der Waals surface area contributed by atoms with E-state index >= 15 is 0 Å². The highest BCUT2D eigenvalue weighted by molar-refractivity contribution is 7.18. The van der Waals surface area contributed by atoms with Gasteiger partial charge in [0.25, 0.3) is 0 Å². The van der Waals surface area contributed by atoms with Crippen LogP contribution in [0.2, 0.25) is 0 Å². The van der Waals surface area contributed by atoms with Crippen molar-refractivity contribution in [1.82, 2.24) is 9.88 Å². The van der Waals surface area contributed by atoms with Gasteiger partial charge in [0, 0.05) is 18.0 Å². The number of thiazole rings is 1. The van der Waals surface area contributed by atoms with E-state index in [1.54, 1.807) is 11.3 Å². The molecule has 0 spiro atoms. The van der Waals surface area contributed by atoms with Crippen LogP contribution >= 0.6 is 11.3 Å². The largest absolute Gasteiger partial charge is 0.300 e. The number of fused-ring (bicyclic) bond motifs is 3. The van der Waals surface area contributed by atoms with Crippen molar-refractivity contribution in [3.8, 4) is 0 Å². The van der Waals surface area contributed by atoms with Gasteiger partial charge in [0.05, 0.1) is 16.6 Å². The molecule has 4 heteroatoms. The van der Waals surface area contributed by atoms with Gasteiger partial charge in [-0.15, -0.1) is 11.3 Å². The molecule has 110 valence electrons. The molecule has 2 aliphatic rings. The van der Waals surface area contributed by atoms with E-state index in [4.69, 9.17) is 0 Å². The van der Waals surface area contributed by atoms with Crippen LogP contribution in [-0.4, -0.2) is 34.8 Å². The number of carbonyl (C=O) groups excluding carboxylic acids is 1. The molecule has 3 heterocycles. The van der Waals surface area contributed by atoms with Crippen LogP contribution in [0.5, 0.6) is 0 Å². The van der Waals surface area contributed by atoms with E-state index in [0.717, 1.165) is 23.4 Å². The summed E-state index contributed by atoms with van der Waals surface area (Å²) in [4.78, 5) is 19.7. The van der Waals surface area contributed by atoms with Gasteiger partial charge in [0.15, 0.2) is 0 Å². The number of ketones is 1. The summed E-state index contributed by atoms with van der Waals surface area (Å²) in [6, 6.07) is 9.40. The first kappa shape index (κ1) is 13.4. The van der Waals surface area contributed by atoms with Gasteiger partial charge >= 0.3 is 0 Å². The first-order chi connectivity index (χ1) is 10.2. The fraction of sp³-hybridized carbons (Fsp3) is 0.529. The summed E-state index contributed by atoms with van der Waals surface area (Å²) in [5, 5.41) is 0.979. The molecule has 0 amide bonds. The molecule has 2 aliphatic heterocycles. The number of Topliss-reactive ketones (excluding diaryl/α,β-unsaturated/α-hetero) is 1. The zero-order chi connectivity index (χ0) is 14.4. The van der Waals surface area contributed by atoms with Crippen LogP contribution in [0.1, 0.15) is 30.7 Å². The van der Waals surface area contributed by atoms with Crippen LogP contribution in [0, 0.1) is 5.92 Å². The van der Waals surface area contributed by atoms with Gasteiger partial charge in [-0.25, -0.2) is 4.98 Å². The molecule has 0 aliphatic carbocycles. The number of nitrogens with zero attached hydrogens (tertiary/aromatic N) is 2. The highest BCUT2D eigenvalue weighted by Gasteiger charge is 2.40. The molecule has 2 unspecified atom stereocenters. The number of hydrogen-bond donors (Lipinski definition) is 0. The Balaban J connectivity index is 1.48. The number of rotatable bonds is 3. The quantitative estimate of drug-likeness (QED) is 0.872. The van der Waals surface area contributed by atoms with Gasteiger partial charge < -0.3 is 4.90 Å². The molecular formula is C17H20N2OS. The van der Waals surface area contributed by atoms with Crippen molar-refractivity contribution in [2.45, 2.75) is 44.2 Å². The van der Waals surface area contributed by atoms with Gasteiger partial charge in [0.1, 0.15) is 10.8 Å². The van der Waals surface area contributed by atoms with Crippen LogP contribution in [0.3, 0.4) is 0 Å². The molecule has 2 fully saturated rings. The van der Waals surface area contributed by atoms with E-state index in [2.05, 4.69) is 23.0 Å². The Morgan fingerprint density at radius 3 is 2.71 bits per heavy atom. The standard InChI is InChI=1S/C17H20N2OS/c1-19-12-6-7-13(19)9-11(8-12)15(20)10-17-18-14-4-2-3-5-16(14)21-17/h2-5,11-13H,6-10H2,1H3. The Morgan fingerprint density at radius 2 is 2.00 bits per heavy atom. The highest BCUT2D eigenvalue weighted by atomic mass is 32.1. The molecule has 2 saturated heterocycles. The van der Waals surface area contributed by atoms with E-state index in [1.165, 1.54) is 17.5 Å². The lowest BCUT2D eigenvalue weighted by Gasteiger charge is -2.35. The monoisotopic (exact) mass is 300 g/mol. The molecule has 0 N–H and O–H groups in total. The van der Waals surface area contributed by atoms with Crippen LogP contribution in [0.4, 0.5) is 0 Å². The number of para-hydroxylation sites is 1. The predicted molar refractivity (Wildman–Crippen MR) is 85.6 cm³/mol. The molecule has 1 aromatic heterocycles. The van der Waals surface area contributed by atoms with E-state index in [0.29, 0.717) is 24.3 Å². The van der Waals surface area contributed by atoms with E-state index in [-0.39, 0.29) is 5.92 Å². The topological polar surface area (TPSA) is 33.2 Å². The fourth-order valence-electron chi connectivity index (χ4n) is 3.96. The van der Waals surface area contributed by atoms with E-state index < -0.39 is 0 Å². The molecule has 3 nitrogen and oxygen atoms in total. The van der Waals surface area contributed by atoms with Crippen molar-refractivity contribution < 1.29 is 4.79 Å². The second-order valence-corrected chi connectivity index (χ2v) is 7.55. The smallest absolute Gasteiger partial charge is 0.142 e.